The van der Waals surface area contributed by atoms with Crippen LogP contribution >= 0.6 is 15.9 Å². The summed E-state index contributed by atoms with van der Waals surface area (Å²) in [5.41, 5.74) is 0.884. The summed E-state index contributed by atoms with van der Waals surface area (Å²) in [5, 5.41) is 5.28. The Morgan fingerprint density at radius 2 is 1.84 bits per heavy atom. The van der Waals surface area contributed by atoms with Gasteiger partial charge in [0.25, 0.3) is 17.4 Å². The Bertz CT molecular complexity index is 1250. The molecule has 0 aliphatic heterocycles. The molecule has 0 spiro atoms. The second kappa shape index (κ2) is 8.65. The molecule has 0 atom stereocenters. The number of aryl methyl sites for hydroxylation is 1. The van der Waals surface area contributed by atoms with E-state index in [-0.39, 0.29) is 11.3 Å². The summed E-state index contributed by atoms with van der Waals surface area (Å²) >= 11 is 3.28. The number of fused-ring (bicyclic) bond motifs is 1. The van der Waals surface area contributed by atoms with E-state index in [0.717, 1.165) is 4.47 Å². The predicted octanol–water partition coefficient (Wildman–Crippen LogP) is 3.56. The van der Waals surface area contributed by atoms with E-state index in [1.807, 2.05) is 0 Å². The summed E-state index contributed by atoms with van der Waals surface area (Å²) in [6.07, 6.45) is 3.23. The lowest BCUT2D eigenvalue weighted by Gasteiger charge is -2.15. The zero-order valence-electron chi connectivity index (χ0n) is 16.2. The molecule has 0 bridgehead atoms. The molecule has 0 fully saturated rings. The van der Waals surface area contributed by atoms with Gasteiger partial charge in [-0.3, -0.25) is 19.2 Å². The van der Waals surface area contributed by atoms with Crippen LogP contribution in [0.15, 0.2) is 57.9 Å². The number of amides is 2. The number of carbonyl (C=O) groups is 3. The number of benzene rings is 1. The lowest BCUT2D eigenvalue weighted by atomic mass is 9.93. The number of carbonyl (C=O) groups excluding carboxylic acids is 3. The lowest BCUT2D eigenvalue weighted by molar-refractivity contribution is 0.0970. The van der Waals surface area contributed by atoms with Gasteiger partial charge in [0.05, 0.1) is 0 Å². The van der Waals surface area contributed by atoms with E-state index >= 15 is 0 Å². The van der Waals surface area contributed by atoms with E-state index in [9.17, 15) is 19.2 Å². The SMILES string of the molecule is O=C(Nc1ccc(Br)cn1)c1cccc(NC(=O)c2cc3c([nH]c2=O)CCCC3=O)c1. The van der Waals surface area contributed by atoms with Crippen LogP contribution in [0.1, 0.15) is 49.6 Å². The van der Waals surface area contributed by atoms with Crippen LogP contribution in [0, 0.1) is 0 Å². The molecule has 3 N–H and O–H groups in total. The van der Waals surface area contributed by atoms with Gasteiger partial charge < -0.3 is 15.6 Å². The van der Waals surface area contributed by atoms with E-state index in [4.69, 9.17) is 0 Å². The minimum atomic E-state index is -0.658. The van der Waals surface area contributed by atoms with Crippen LogP contribution in [-0.2, 0) is 6.42 Å². The van der Waals surface area contributed by atoms with Gasteiger partial charge in [0.2, 0.25) is 0 Å². The second-order valence-corrected chi connectivity index (χ2v) is 7.95. The number of H-pyrrole nitrogens is 1. The molecule has 0 saturated heterocycles. The number of hydrogen-bond acceptors (Lipinski definition) is 5. The van der Waals surface area contributed by atoms with Crippen LogP contribution in [-0.4, -0.2) is 27.6 Å². The van der Waals surface area contributed by atoms with Crippen molar-refractivity contribution in [3.63, 3.8) is 0 Å². The Labute approximate surface area is 185 Å². The van der Waals surface area contributed by atoms with Crippen molar-refractivity contribution in [2.45, 2.75) is 19.3 Å². The first kappa shape index (κ1) is 20.7. The normalized spacial score (nSPS) is 12.7. The number of hydrogen-bond donors (Lipinski definition) is 3. The third kappa shape index (κ3) is 4.61. The van der Waals surface area contributed by atoms with Crippen LogP contribution in [0.5, 0.6) is 0 Å². The van der Waals surface area contributed by atoms with Gasteiger partial charge in [-0.15, -0.1) is 0 Å². The summed E-state index contributed by atoms with van der Waals surface area (Å²) < 4.78 is 0.786. The number of anilines is 2. The van der Waals surface area contributed by atoms with Gasteiger partial charge in [-0.05, 0) is 65.2 Å². The van der Waals surface area contributed by atoms with Gasteiger partial charge in [-0.2, -0.15) is 0 Å². The van der Waals surface area contributed by atoms with Crippen LogP contribution in [0.2, 0.25) is 0 Å². The van der Waals surface area contributed by atoms with Crippen molar-refractivity contribution >= 4 is 45.0 Å². The maximum Gasteiger partial charge on any atom is 0.261 e. The molecule has 1 aliphatic carbocycles. The third-order valence-corrected chi connectivity index (χ3v) is 5.32. The molecule has 4 rings (SSSR count). The van der Waals surface area contributed by atoms with E-state index in [2.05, 4.69) is 36.5 Å². The molecule has 0 unspecified atom stereocenters. The van der Waals surface area contributed by atoms with Crippen molar-refractivity contribution in [1.29, 1.82) is 0 Å². The van der Waals surface area contributed by atoms with Crippen molar-refractivity contribution in [3.8, 4) is 0 Å². The smallest absolute Gasteiger partial charge is 0.261 e. The summed E-state index contributed by atoms with van der Waals surface area (Å²) in [6.45, 7) is 0. The van der Waals surface area contributed by atoms with Gasteiger partial charge in [0, 0.05) is 39.6 Å². The number of pyridine rings is 2. The molecule has 3 aromatic rings. The first-order chi connectivity index (χ1) is 14.9. The van der Waals surface area contributed by atoms with Gasteiger partial charge in [-0.1, -0.05) is 6.07 Å². The van der Waals surface area contributed by atoms with Crippen LogP contribution < -0.4 is 16.2 Å². The lowest BCUT2D eigenvalue weighted by Crippen LogP contribution is -2.27. The first-order valence-corrected chi connectivity index (χ1v) is 10.3. The number of halogens is 1. The number of Topliss-reactive ketones (excluding diaryl/α,β-unsaturated/α-hetero) is 1. The first-order valence-electron chi connectivity index (χ1n) is 9.54. The zero-order chi connectivity index (χ0) is 22.0. The quantitative estimate of drug-likeness (QED) is 0.526. The zero-order valence-corrected chi connectivity index (χ0v) is 17.8. The van der Waals surface area contributed by atoms with E-state index in [0.29, 0.717) is 47.6 Å². The largest absolute Gasteiger partial charge is 0.325 e. The number of aromatic amines is 1. The standard InChI is InChI=1S/C22H17BrN4O4/c23-13-7-8-19(24-11-13)27-20(29)12-3-1-4-14(9-12)25-21(30)16-10-15-17(26-22(16)31)5-2-6-18(15)28/h1,3-4,7-11H,2,5-6H2,(H,25,30)(H,26,31)(H,24,27,29). The van der Waals surface area contributed by atoms with Crippen molar-refractivity contribution in [2.24, 2.45) is 0 Å². The summed E-state index contributed by atoms with van der Waals surface area (Å²) in [5.74, 6) is -0.766. The number of aromatic nitrogens is 2. The fourth-order valence-electron chi connectivity index (χ4n) is 3.32. The van der Waals surface area contributed by atoms with Crippen molar-refractivity contribution < 1.29 is 14.4 Å². The molecule has 2 aromatic heterocycles. The topological polar surface area (TPSA) is 121 Å². The van der Waals surface area contributed by atoms with Crippen LogP contribution in [0.25, 0.3) is 0 Å². The van der Waals surface area contributed by atoms with E-state index in [1.165, 1.54) is 12.1 Å². The van der Waals surface area contributed by atoms with Crippen molar-refractivity contribution in [2.75, 3.05) is 10.6 Å². The molecule has 9 heteroatoms. The van der Waals surface area contributed by atoms with Crippen LogP contribution in [0.3, 0.4) is 0 Å². The minimum absolute atomic E-state index is 0.0910. The number of nitrogens with zero attached hydrogens (tertiary/aromatic N) is 1. The molecule has 156 valence electrons. The molecule has 0 radical (unpaired) electrons. The maximum atomic E-state index is 12.7. The Morgan fingerprint density at radius 1 is 1.00 bits per heavy atom. The molecule has 1 aliphatic rings. The predicted molar refractivity (Wildman–Crippen MR) is 119 cm³/mol. The Morgan fingerprint density at radius 3 is 2.61 bits per heavy atom. The highest BCUT2D eigenvalue weighted by Crippen LogP contribution is 2.20. The van der Waals surface area contributed by atoms with E-state index < -0.39 is 17.4 Å². The van der Waals surface area contributed by atoms with E-state index in [1.54, 1.807) is 36.5 Å². The highest BCUT2D eigenvalue weighted by atomic mass is 79.9. The van der Waals surface area contributed by atoms with Gasteiger partial charge in [0.15, 0.2) is 5.78 Å². The highest BCUT2D eigenvalue weighted by Gasteiger charge is 2.22. The molecule has 8 nitrogen and oxygen atoms in total. The molecule has 2 amide bonds. The van der Waals surface area contributed by atoms with Gasteiger partial charge >= 0.3 is 0 Å². The summed E-state index contributed by atoms with van der Waals surface area (Å²) in [4.78, 5) is 56.3. The molecular formula is C22H17BrN4O4. The average Bonchev–Trinajstić information content (AvgIpc) is 2.75. The Hall–Kier alpha value is -3.59. The summed E-state index contributed by atoms with van der Waals surface area (Å²) in [6, 6.07) is 11.0. The molecule has 1 aromatic carbocycles. The van der Waals surface area contributed by atoms with Gasteiger partial charge in [-0.25, -0.2) is 4.98 Å². The third-order valence-electron chi connectivity index (χ3n) is 4.85. The fraction of sp³-hybridized carbons (Fsp3) is 0.136. The molecule has 0 saturated carbocycles. The number of ketones is 1. The molecule has 31 heavy (non-hydrogen) atoms. The fourth-order valence-corrected chi connectivity index (χ4v) is 3.55. The second-order valence-electron chi connectivity index (χ2n) is 7.03. The molecule has 2 heterocycles. The van der Waals surface area contributed by atoms with Gasteiger partial charge in [0.1, 0.15) is 11.4 Å². The molecular weight excluding hydrogens is 464 g/mol. The average molecular weight is 481 g/mol. The minimum Gasteiger partial charge on any atom is -0.325 e. The Balaban J connectivity index is 1.52. The number of nitrogens with one attached hydrogen (secondary N) is 3. The highest BCUT2D eigenvalue weighted by molar-refractivity contribution is 9.10. The maximum absolute atomic E-state index is 12.7. The van der Waals surface area contributed by atoms with Crippen molar-refractivity contribution in [3.05, 3.63) is 85.9 Å². The Kier molecular flexibility index (Phi) is 5.77. The monoisotopic (exact) mass is 480 g/mol. The van der Waals surface area contributed by atoms with Crippen molar-refractivity contribution in [1.82, 2.24) is 9.97 Å². The van der Waals surface area contributed by atoms with Crippen LogP contribution in [0.4, 0.5) is 11.5 Å². The summed E-state index contributed by atoms with van der Waals surface area (Å²) in [7, 11) is 0. The number of rotatable bonds is 4.